The third-order valence-corrected chi connectivity index (χ3v) is 6.48. The van der Waals surface area contributed by atoms with Gasteiger partial charge >= 0.3 is 0 Å². The summed E-state index contributed by atoms with van der Waals surface area (Å²) in [5, 5.41) is 10.8. The number of aromatic nitrogens is 2. The number of carbonyl (C=O) groups excluding carboxylic acids is 1. The molecule has 0 spiro atoms. The van der Waals surface area contributed by atoms with E-state index in [0.717, 1.165) is 20.8 Å². The topological polar surface area (TPSA) is 79.1 Å². The highest BCUT2D eigenvalue weighted by molar-refractivity contribution is 8.00. The van der Waals surface area contributed by atoms with E-state index in [1.807, 2.05) is 18.2 Å². The van der Waals surface area contributed by atoms with E-state index in [4.69, 9.17) is 10.00 Å². The van der Waals surface area contributed by atoms with Crippen molar-refractivity contribution < 1.29 is 9.53 Å². The van der Waals surface area contributed by atoms with Crippen LogP contribution in [0, 0.1) is 25.2 Å². The van der Waals surface area contributed by atoms with Gasteiger partial charge in [0.05, 0.1) is 31.0 Å². The van der Waals surface area contributed by atoms with E-state index < -0.39 is 0 Å². The molecule has 1 amide bonds. The number of hydrogen-bond acceptors (Lipinski definition) is 7. The first-order chi connectivity index (χ1) is 13.6. The minimum atomic E-state index is -0.0962. The quantitative estimate of drug-likeness (QED) is 0.424. The van der Waals surface area contributed by atoms with Crippen molar-refractivity contribution in [2.75, 3.05) is 24.3 Å². The van der Waals surface area contributed by atoms with E-state index >= 15 is 0 Å². The summed E-state index contributed by atoms with van der Waals surface area (Å²) < 4.78 is 5.39. The number of fused-ring (bicyclic) bond motifs is 1. The average molecular weight is 413 g/mol. The predicted octanol–water partition coefficient (Wildman–Crippen LogP) is 4.36. The van der Waals surface area contributed by atoms with Crippen LogP contribution in [0.25, 0.3) is 10.2 Å². The van der Waals surface area contributed by atoms with Crippen LogP contribution in [0.15, 0.2) is 35.6 Å². The van der Waals surface area contributed by atoms with E-state index in [9.17, 15) is 4.79 Å². The van der Waals surface area contributed by atoms with Gasteiger partial charge in [-0.3, -0.25) is 4.79 Å². The molecule has 2 aromatic heterocycles. The Balaban J connectivity index is 1.84. The molecular formula is C20H20N4O2S2. The molecule has 0 saturated carbocycles. The maximum absolute atomic E-state index is 13.0. The van der Waals surface area contributed by atoms with Crippen LogP contribution < -0.4 is 9.64 Å². The van der Waals surface area contributed by atoms with Crippen molar-refractivity contribution in [1.82, 2.24) is 9.97 Å². The lowest BCUT2D eigenvalue weighted by Crippen LogP contribution is -2.33. The molecule has 0 aliphatic heterocycles. The van der Waals surface area contributed by atoms with Gasteiger partial charge in [-0.05, 0) is 31.5 Å². The van der Waals surface area contributed by atoms with Crippen molar-refractivity contribution in [3.05, 3.63) is 41.0 Å². The highest BCUT2D eigenvalue weighted by Crippen LogP contribution is 2.35. The van der Waals surface area contributed by atoms with Crippen LogP contribution in [-0.4, -0.2) is 35.3 Å². The molecule has 0 atom stereocenters. The fraction of sp³-hybridized carbons (Fsp3) is 0.300. The SMILES string of the molecule is COc1ccccc1N(CCC#N)C(=O)CSc1ncnc2sc(C)c(C)c12. The fourth-order valence-electron chi connectivity index (χ4n) is 2.86. The molecule has 2 heterocycles. The second-order valence-corrected chi connectivity index (χ2v) is 8.22. The molecule has 0 unspecified atom stereocenters. The lowest BCUT2D eigenvalue weighted by molar-refractivity contribution is -0.116. The number of methoxy groups -OCH3 is 1. The molecule has 3 aromatic rings. The highest BCUT2D eigenvalue weighted by atomic mass is 32.2. The summed E-state index contributed by atoms with van der Waals surface area (Å²) in [6.45, 7) is 4.43. The summed E-state index contributed by atoms with van der Waals surface area (Å²) in [6.07, 6.45) is 1.78. The van der Waals surface area contributed by atoms with Crippen LogP contribution in [0.3, 0.4) is 0 Å². The Morgan fingerprint density at radius 2 is 2.11 bits per heavy atom. The van der Waals surface area contributed by atoms with Gasteiger partial charge in [0.1, 0.15) is 21.9 Å². The minimum absolute atomic E-state index is 0.0962. The van der Waals surface area contributed by atoms with Gasteiger partial charge in [-0.1, -0.05) is 23.9 Å². The van der Waals surface area contributed by atoms with Crippen LogP contribution in [0.2, 0.25) is 0 Å². The summed E-state index contributed by atoms with van der Waals surface area (Å²) in [4.78, 5) is 25.5. The molecule has 28 heavy (non-hydrogen) atoms. The van der Waals surface area contributed by atoms with Gasteiger partial charge in [0, 0.05) is 16.8 Å². The zero-order valence-corrected chi connectivity index (χ0v) is 17.6. The number of anilines is 1. The Bertz CT molecular complexity index is 1040. The Kier molecular flexibility index (Phi) is 6.49. The van der Waals surface area contributed by atoms with Crippen LogP contribution in [-0.2, 0) is 4.79 Å². The van der Waals surface area contributed by atoms with Crippen LogP contribution in [0.1, 0.15) is 16.9 Å². The van der Waals surface area contributed by atoms with Crippen LogP contribution in [0.5, 0.6) is 5.75 Å². The summed E-state index contributed by atoms with van der Waals surface area (Å²) in [5.74, 6) is 0.720. The minimum Gasteiger partial charge on any atom is -0.495 e. The first kappa shape index (κ1) is 20.1. The number of benzene rings is 1. The molecule has 3 rings (SSSR count). The summed E-state index contributed by atoms with van der Waals surface area (Å²) >= 11 is 3.03. The van der Waals surface area contributed by atoms with Gasteiger partial charge in [0.25, 0.3) is 0 Å². The van der Waals surface area contributed by atoms with Crippen LogP contribution in [0.4, 0.5) is 5.69 Å². The largest absolute Gasteiger partial charge is 0.495 e. The van der Waals surface area contributed by atoms with Crippen molar-refractivity contribution >= 4 is 44.9 Å². The molecule has 6 nitrogen and oxygen atoms in total. The molecule has 1 aromatic carbocycles. The predicted molar refractivity (Wildman–Crippen MR) is 113 cm³/mol. The molecule has 0 saturated heterocycles. The van der Waals surface area contributed by atoms with E-state index in [2.05, 4.69) is 29.9 Å². The Morgan fingerprint density at radius 3 is 2.86 bits per heavy atom. The number of aryl methyl sites for hydroxylation is 2. The molecule has 144 valence electrons. The van der Waals surface area contributed by atoms with Crippen LogP contribution >= 0.6 is 23.1 Å². The molecule has 0 aliphatic rings. The molecule has 0 bridgehead atoms. The van der Waals surface area contributed by atoms with E-state index in [0.29, 0.717) is 18.0 Å². The number of carbonyl (C=O) groups is 1. The Labute approximate surface area is 172 Å². The van der Waals surface area contributed by atoms with Gasteiger partial charge in [0.15, 0.2) is 0 Å². The third kappa shape index (κ3) is 4.11. The van der Waals surface area contributed by atoms with Gasteiger partial charge in [0.2, 0.25) is 5.91 Å². The smallest absolute Gasteiger partial charge is 0.237 e. The molecule has 8 heteroatoms. The zero-order chi connectivity index (χ0) is 20.1. The average Bonchev–Trinajstić information content (AvgIpc) is 3.01. The normalized spacial score (nSPS) is 10.6. The monoisotopic (exact) mass is 412 g/mol. The number of ether oxygens (including phenoxy) is 1. The van der Waals surface area contributed by atoms with Crippen molar-refractivity contribution in [3.63, 3.8) is 0 Å². The molecule has 0 N–H and O–H groups in total. The lowest BCUT2D eigenvalue weighted by Gasteiger charge is -2.23. The fourth-order valence-corrected chi connectivity index (χ4v) is 4.85. The molecule has 0 fully saturated rings. The standard InChI is InChI=1S/C20H20N4O2S2/c1-13-14(2)28-20-18(13)19(22-12-23-20)27-11-17(25)24(10-6-9-21)15-7-4-5-8-16(15)26-3/h4-5,7-8,12H,6,10-11H2,1-3H3. The lowest BCUT2D eigenvalue weighted by atomic mass is 10.2. The number of hydrogen-bond donors (Lipinski definition) is 0. The summed E-state index contributed by atoms with van der Waals surface area (Å²) in [5.41, 5.74) is 1.82. The molecular weight excluding hydrogens is 392 g/mol. The maximum atomic E-state index is 13.0. The number of nitriles is 1. The summed E-state index contributed by atoms with van der Waals surface area (Å²) in [6, 6.07) is 9.44. The van der Waals surface area contributed by atoms with Gasteiger partial charge in [-0.2, -0.15) is 5.26 Å². The Hall–Kier alpha value is -2.63. The van der Waals surface area contributed by atoms with E-state index in [1.54, 1.807) is 29.4 Å². The number of nitrogens with zero attached hydrogens (tertiary/aromatic N) is 4. The number of amides is 1. The number of para-hydroxylation sites is 2. The first-order valence-electron chi connectivity index (χ1n) is 8.70. The molecule has 0 aliphatic carbocycles. The first-order valence-corrected chi connectivity index (χ1v) is 10.5. The second kappa shape index (κ2) is 9.04. The van der Waals surface area contributed by atoms with Crippen molar-refractivity contribution in [3.8, 4) is 11.8 Å². The van der Waals surface area contributed by atoms with E-state index in [-0.39, 0.29) is 18.1 Å². The second-order valence-electron chi connectivity index (χ2n) is 6.06. The van der Waals surface area contributed by atoms with Crippen molar-refractivity contribution in [2.24, 2.45) is 0 Å². The zero-order valence-electron chi connectivity index (χ0n) is 15.9. The molecule has 0 radical (unpaired) electrons. The number of thiophene rings is 1. The van der Waals surface area contributed by atoms with Crippen molar-refractivity contribution in [2.45, 2.75) is 25.3 Å². The summed E-state index contributed by atoms with van der Waals surface area (Å²) in [7, 11) is 1.57. The van der Waals surface area contributed by atoms with Gasteiger partial charge in [-0.25, -0.2) is 9.97 Å². The Morgan fingerprint density at radius 1 is 1.32 bits per heavy atom. The highest BCUT2D eigenvalue weighted by Gasteiger charge is 2.20. The number of thioether (sulfide) groups is 1. The van der Waals surface area contributed by atoms with Gasteiger partial charge < -0.3 is 9.64 Å². The van der Waals surface area contributed by atoms with E-state index in [1.165, 1.54) is 23.0 Å². The third-order valence-electron chi connectivity index (χ3n) is 4.39. The van der Waals surface area contributed by atoms with Gasteiger partial charge in [-0.15, -0.1) is 11.3 Å². The van der Waals surface area contributed by atoms with Crippen molar-refractivity contribution in [1.29, 1.82) is 5.26 Å². The maximum Gasteiger partial charge on any atom is 0.237 e. The number of rotatable bonds is 7.